The van der Waals surface area contributed by atoms with Crippen molar-refractivity contribution in [2.45, 2.75) is 19.8 Å². The van der Waals surface area contributed by atoms with Crippen LogP contribution in [0.15, 0.2) is 60.1 Å². The van der Waals surface area contributed by atoms with Gasteiger partial charge in [-0.15, -0.1) is 0 Å². The number of carbonyl (C=O) groups is 1. The van der Waals surface area contributed by atoms with E-state index >= 15 is 0 Å². The van der Waals surface area contributed by atoms with Gasteiger partial charge >= 0.3 is 0 Å². The number of nitrogens with zero attached hydrogens (tertiary/aromatic N) is 6. The van der Waals surface area contributed by atoms with E-state index in [1.165, 1.54) is 12.8 Å². The predicted octanol–water partition coefficient (Wildman–Crippen LogP) is 4.32. The second-order valence-corrected chi connectivity index (χ2v) is 10.2. The maximum Gasteiger partial charge on any atom is 0.257 e. The molecule has 0 bridgehead atoms. The highest BCUT2D eigenvalue weighted by Crippen LogP contribution is 2.41. The summed E-state index contributed by atoms with van der Waals surface area (Å²) in [6, 6.07) is 11.7. The zero-order chi connectivity index (χ0) is 25.3. The number of likely N-dealkylation sites (tertiary alicyclic amines) is 1. The number of carbonyl (C=O) groups excluding carboxylic acids is 1. The van der Waals surface area contributed by atoms with E-state index in [1.807, 2.05) is 38.4 Å². The predicted molar refractivity (Wildman–Crippen MR) is 146 cm³/mol. The third kappa shape index (κ3) is 4.95. The van der Waals surface area contributed by atoms with Crippen molar-refractivity contribution in [3.63, 3.8) is 0 Å². The van der Waals surface area contributed by atoms with Crippen LogP contribution in [0, 0.1) is 5.41 Å². The molecular formula is C28H33N7O. The Labute approximate surface area is 212 Å². The molecule has 5 rings (SSSR count). The van der Waals surface area contributed by atoms with Gasteiger partial charge in [-0.3, -0.25) is 9.80 Å². The Morgan fingerprint density at radius 1 is 1.11 bits per heavy atom. The molecule has 1 amide bonds. The normalized spacial score (nSPS) is 17.6. The second kappa shape index (κ2) is 9.70. The fraction of sp³-hybridized carbons (Fsp3) is 0.357. The van der Waals surface area contributed by atoms with E-state index < -0.39 is 0 Å². The first-order chi connectivity index (χ1) is 17.3. The maximum absolute atomic E-state index is 13.1. The molecule has 2 aliphatic rings. The van der Waals surface area contributed by atoms with Crippen LogP contribution < -0.4 is 10.2 Å². The van der Waals surface area contributed by atoms with Crippen LogP contribution in [0.2, 0.25) is 0 Å². The molecule has 8 heteroatoms. The monoisotopic (exact) mass is 483 g/mol. The molecule has 2 aromatic heterocycles. The standard InChI is InChI=1S/C28H33N7O/c1-20(17-34(4)29-2)21-5-6-23-16-31-25(14-24(23)13-21)32-27(36)22-7-10-30-26(15-22)35-18-28(19-35)8-11-33(3)12-9-28/h5-7,10,13-17H,2,8-9,11-12,18-19H2,1,3-4H3,(H,31,32,36)/b20-17+. The van der Waals surface area contributed by atoms with Gasteiger partial charge in [0.2, 0.25) is 0 Å². The number of pyridine rings is 2. The van der Waals surface area contributed by atoms with Crippen molar-refractivity contribution in [2.75, 3.05) is 50.5 Å². The number of fused-ring (bicyclic) bond motifs is 1. The van der Waals surface area contributed by atoms with Gasteiger partial charge in [0.1, 0.15) is 11.6 Å². The summed E-state index contributed by atoms with van der Waals surface area (Å²) in [4.78, 5) is 26.7. The van der Waals surface area contributed by atoms with Crippen LogP contribution in [0.3, 0.4) is 0 Å². The average molecular weight is 484 g/mol. The number of anilines is 2. The lowest BCUT2D eigenvalue weighted by molar-refractivity contribution is 0.0900. The summed E-state index contributed by atoms with van der Waals surface area (Å²) in [5.41, 5.74) is 3.12. The largest absolute Gasteiger partial charge is 0.355 e. The van der Waals surface area contributed by atoms with E-state index in [1.54, 1.807) is 23.5 Å². The van der Waals surface area contributed by atoms with Gasteiger partial charge < -0.3 is 15.1 Å². The molecule has 1 N–H and O–H groups in total. The van der Waals surface area contributed by atoms with Crippen molar-refractivity contribution in [1.82, 2.24) is 19.9 Å². The minimum Gasteiger partial charge on any atom is -0.355 e. The van der Waals surface area contributed by atoms with E-state index in [0.29, 0.717) is 16.8 Å². The van der Waals surface area contributed by atoms with E-state index in [2.05, 4.69) is 56.1 Å². The van der Waals surface area contributed by atoms with Crippen LogP contribution in [0.25, 0.3) is 16.3 Å². The highest BCUT2D eigenvalue weighted by molar-refractivity contribution is 6.05. The first-order valence-electron chi connectivity index (χ1n) is 12.3. The van der Waals surface area contributed by atoms with Crippen molar-refractivity contribution in [3.8, 4) is 0 Å². The molecule has 8 nitrogen and oxygen atoms in total. The number of rotatable bonds is 6. The van der Waals surface area contributed by atoms with Crippen molar-refractivity contribution < 1.29 is 4.79 Å². The molecule has 0 unspecified atom stereocenters. The summed E-state index contributed by atoms with van der Waals surface area (Å²) in [5.74, 6) is 1.19. The molecule has 0 radical (unpaired) electrons. The summed E-state index contributed by atoms with van der Waals surface area (Å²) in [6.07, 6.45) is 7.88. The molecule has 2 aliphatic heterocycles. The Hall–Kier alpha value is -3.78. The van der Waals surface area contributed by atoms with Crippen molar-refractivity contribution in [1.29, 1.82) is 0 Å². The Balaban J connectivity index is 1.28. The molecule has 36 heavy (non-hydrogen) atoms. The lowest BCUT2D eigenvalue weighted by atomic mass is 9.72. The zero-order valence-electron chi connectivity index (χ0n) is 21.2. The van der Waals surface area contributed by atoms with Crippen LogP contribution in [0.1, 0.15) is 35.7 Å². The molecule has 1 aromatic carbocycles. The van der Waals surface area contributed by atoms with Gasteiger partial charge in [0, 0.05) is 61.8 Å². The number of amides is 1. The molecular weight excluding hydrogens is 450 g/mol. The third-order valence-electron chi connectivity index (χ3n) is 7.45. The number of piperidine rings is 1. The van der Waals surface area contributed by atoms with Gasteiger partial charge in [-0.05, 0) is 80.7 Å². The zero-order valence-corrected chi connectivity index (χ0v) is 21.2. The van der Waals surface area contributed by atoms with E-state index in [0.717, 1.165) is 53.9 Å². The van der Waals surface area contributed by atoms with Gasteiger partial charge in [-0.25, -0.2) is 9.97 Å². The van der Waals surface area contributed by atoms with E-state index in [-0.39, 0.29) is 5.91 Å². The molecule has 0 aliphatic carbocycles. The average Bonchev–Trinajstić information content (AvgIpc) is 2.87. The Kier molecular flexibility index (Phi) is 6.45. The quantitative estimate of drug-likeness (QED) is 0.416. The first-order valence-corrected chi connectivity index (χ1v) is 12.3. The summed E-state index contributed by atoms with van der Waals surface area (Å²) in [6.45, 7) is 9.91. The number of hydrogen-bond donors (Lipinski definition) is 1. The van der Waals surface area contributed by atoms with Crippen molar-refractivity contribution in [3.05, 3.63) is 66.1 Å². The summed E-state index contributed by atoms with van der Waals surface area (Å²) >= 11 is 0. The lowest BCUT2D eigenvalue weighted by Gasteiger charge is -2.54. The Bertz CT molecular complexity index is 1320. The summed E-state index contributed by atoms with van der Waals surface area (Å²) in [5, 5.41) is 10.5. The van der Waals surface area contributed by atoms with Crippen LogP contribution in [-0.2, 0) is 0 Å². The van der Waals surface area contributed by atoms with Crippen LogP contribution >= 0.6 is 0 Å². The Morgan fingerprint density at radius 3 is 2.64 bits per heavy atom. The smallest absolute Gasteiger partial charge is 0.257 e. The first kappa shape index (κ1) is 23.9. The van der Waals surface area contributed by atoms with Gasteiger partial charge in [-0.1, -0.05) is 12.1 Å². The van der Waals surface area contributed by atoms with Gasteiger partial charge in [0.25, 0.3) is 5.91 Å². The summed E-state index contributed by atoms with van der Waals surface area (Å²) in [7, 11) is 4.03. The number of hydrazone groups is 1. The van der Waals surface area contributed by atoms with Crippen LogP contribution in [0.5, 0.6) is 0 Å². The number of benzene rings is 1. The number of nitrogens with one attached hydrogen (secondary N) is 1. The SMILES string of the molecule is C=NN(C)/C=C(\C)c1ccc2cnc(NC(=O)c3ccnc(N4CC5(CCN(C)CC5)C4)c3)cc2c1. The number of aromatic nitrogens is 2. The van der Waals surface area contributed by atoms with E-state index in [9.17, 15) is 4.79 Å². The summed E-state index contributed by atoms with van der Waals surface area (Å²) < 4.78 is 0. The third-order valence-corrected chi connectivity index (χ3v) is 7.45. The lowest BCUT2D eigenvalue weighted by Crippen LogP contribution is -2.60. The molecule has 186 valence electrons. The van der Waals surface area contributed by atoms with Crippen molar-refractivity contribution >= 4 is 40.6 Å². The molecule has 3 aromatic rings. The van der Waals surface area contributed by atoms with Crippen LogP contribution in [0.4, 0.5) is 11.6 Å². The molecule has 4 heterocycles. The second-order valence-electron chi connectivity index (χ2n) is 10.2. The van der Waals surface area contributed by atoms with Crippen LogP contribution in [-0.4, -0.2) is 72.8 Å². The van der Waals surface area contributed by atoms with E-state index in [4.69, 9.17) is 0 Å². The topological polar surface area (TPSA) is 77.0 Å². The van der Waals surface area contributed by atoms with Crippen molar-refractivity contribution in [2.24, 2.45) is 10.5 Å². The van der Waals surface area contributed by atoms with Gasteiger partial charge in [0.15, 0.2) is 0 Å². The van der Waals surface area contributed by atoms with Gasteiger partial charge in [0.05, 0.1) is 0 Å². The maximum atomic E-state index is 13.1. The molecule has 0 saturated carbocycles. The fourth-order valence-electron chi connectivity index (χ4n) is 5.11. The molecule has 2 fully saturated rings. The minimum absolute atomic E-state index is 0.189. The number of allylic oxidation sites excluding steroid dienone is 1. The molecule has 1 spiro atoms. The number of hydrogen-bond acceptors (Lipinski definition) is 7. The Morgan fingerprint density at radius 2 is 1.89 bits per heavy atom. The highest BCUT2D eigenvalue weighted by Gasteiger charge is 2.44. The molecule has 0 atom stereocenters. The molecule has 2 saturated heterocycles. The minimum atomic E-state index is -0.189. The highest BCUT2D eigenvalue weighted by atomic mass is 16.1. The van der Waals surface area contributed by atoms with Gasteiger partial charge in [-0.2, -0.15) is 5.10 Å². The fourth-order valence-corrected chi connectivity index (χ4v) is 5.11.